The maximum absolute atomic E-state index is 13.1. The van der Waals surface area contributed by atoms with E-state index >= 15 is 0 Å². The normalized spacial score (nSPS) is 11.0. The van der Waals surface area contributed by atoms with Crippen molar-refractivity contribution in [3.63, 3.8) is 0 Å². The van der Waals surface area contributed by atoms with Crippen LogP contribution in [0.15, 0.2) is 42.5 Å². The van der Waals surface area contributed by atoms with Gasteiger partial charge in [-0.25, -0.2) is 8.91 Å². The van der Waals surface area contributed by atoms with Gasteiger partial charge in [0.1, 0.15) is 17.3 Å². The predicted molar refractivity (Wildman–Crippen MR) is 117 cm³/mol. The van der Waals surface area contributed by atoms with Crippen LogP contribution in [0.25, 0.3) is 16.3 Å². The first-order valence-electron chi connectivity index (χ1n) is 9.60. The lowest BCUT2D eigenvalue weighted by Gasteiger charge is -2.09. The fourth-order valence-corrected chi connectivity index (χ4v) is 4.22. The van der Waals surface area contributed by atoms with Gasteiger partial charge in [0.2, 0.25) is 4.96 Å². The molecule has 4 aromatic rings. The zero-order valence-electron chi connectivity index (χ0n) is 17.3. The van der Waals surface area contributed by atoms with Gasteiger partial charge in [0.15, 0.2) is 5.82 Å². The van der Waals surface area contributed by atoms with E-state index in [1.54, 1.807) is 49.1 Å². The summed E-state index contributed by atoms with van der Waals surface area (Å²) in [7, 11) is 3.09. The van der Waals surface area contributed by atoms with E-state index in [1.165, 1.54) is 23.5 Å². The summed E-state index contributed by atoms with van der Waals surface area (Å²) in [6, 6.07) is 11.2. The number of hydrogen-bond donors (Lipinski definition) is 1. The number of amides is 1. The van der Waals surface area contributed by atoms with Crippen LogP contribution in [0.3, 0.4) is 0 Å². The number of aryl methyl sites for hydroxylation is 1. The van der Waals surface area contributed by atoms with Gasteiger partial charge < -0.3 is 14.8 Å². The summed E-state index contributed by atoms with van der Waals surface area (Å²) in [5.74, 6) is 1.18. The molecule has 2 heterocycles. The van der Waals surface area contributed by atoms with E-state index in [0.717, 1.165) is 21.1 Å². The minimum atomic E-state index is -0.294. The van der Waals surface area contributed by atoms with Gasteiger partial charge in [0, 0.05) is 35.0 Å². The van der Waals surface area contributed by atoms with Gasteiger partial charge >= 0.3 is 0 Å². The van der Waals surface area contributed by atoms with Gasteiger partial charge in [-0.1, -0.05) is 11.3 Å². The van der Waals surface area contributed by atoms with Crippen LogP contribution in [-0.2, 0) is 6.42 Å². The number of aromatic nitrogens is 3. The summed E-state index contributed by atoms with van der Waals surface area (Å²) in [6.45, 7) is 2.43. The maximum Gasteiger partial charge on any atom is 0.251 e. The molecule has 0 saturated heterocycles. The largest absolute Gasteiger partial charge is 0.497 e. The average molecular weight is 441 g/mol. The number of thiazole rings is 1. The van der Waals surface area contributed by atoms with Gasteiger partial charge in [0.25, 0.3) is 5.91 Å². The number of carbonyl (C=O) groups excluding carboxylic acids is 1. The Morgan fingerprint density at radius 2 is 1.81 bits per heavy atom. The van der Waals surface area contributed by atoms with Crippen LogP contribution >= 0.6 is 11.3 Å². The highest BCUT2D eigenvalue weighted by atomic mass is 32.1. The standard InChI is InChI=1S/C22H21FN4O3S/c1-13-19(8-9-24-21(28)15-10-17(29-2)12-18(11-15)30-3)31-22-25-20(26-27(13)22)14-4-6-16(23)7-5-14/h4-7,10-12H,8-9H2,1-3H3,(H,24,28). The lowest BCUT2D eigenvalue weighted by Crippen LogP contribution is -2.25. The molecule has 1 amide bonds. The second kappa shape index (κ2) is 8.73. The van der Waals surface area contributed by atoms with E-state index in [2.05, 4.69) is 15.4 Å². The Labute approximate surface area is 182 Å². The van der Waals surface area contributed by atoms with Gasteiger partial charge in [-0.3, -0.25) is 4.79 Å². The molecule has 0 radical (unpaired) electrons. The Morgan fingerprint density at radius 3 is 2.42 bits per heavy atom. The van der Waals surface area contributed by atoms with Crippen LogP contribution in [0.5, 0.6) is 11.5 Å². The molecule has 160 valence electrons. The van der Waals surface area contributed by atoms with E-state index in [4.69, 9.17) is 9.47 Å². The van der Waals surface area contributed by atoms with Gasteiger partial charge in [-0.05, 0) is 43.3 Å². The average Bonchev–Trinajstić information content (AvgIpc) is 3.33. The molecule has 7 nitrogen and oxygen atoms in total. The fraction of sp³-hybridized carbons (Fsp3) is 0.227. The van der Waals surface area contributed by atoms with Crippen molar-refractivity contribution in [2.45, 2.75) is 13.3 Å². The molecule has 9 heteroatoms. The van der Waals surface area contributed by atoms with Crippen molar-refractivity contribution in [2.24, 2.45) is 0 Å². The molecule has 2 aromatic carbocycles. The maximum atomic E-state index is 13.1. The van der Waals surface area contributed by atoms with Crippen molar-refractivity contribution < 1.29 is 18.7 Å². The minimum absolute atomic E-state index is 0.201. The molecule has 0 aliphatic heterocycles. The Bertz CT molecular complexity index is 1210. The molecule has 4 rings (SSSR count). The summed E-state index contributed by atoms with van der Waals surface area (Å²) in [5, 5.41) is 7.47. The number of fused-ring (bicyclic) bond motifs is 1. The van der Waals surface area contributed by atoms with Crippen molar-refractivity contribution in [3.8, 4) is 22.9 Å². The van der Waals surface area contributed by atoms with Crippen LogP contribution in [0.2, 0.25) is 0 Å². The first-order chi connectivity index (χ1) is 15.0. The van der Waals surface area contributed by atoms with Crippen molar-refractivity contribution in [1.82, 2.24) is 19.9 Å². The van der Waals surface area contributed by atoms with E-state index in [1.807, 2.05) is 6.92 Å². The minimum Gasteiger partial charge on any atom is -0.497 e. The summed E-state index contributed by atoms with van der Waals surface area (Å²) in [5.41, 5.74) is 2.21. The molecule has 0 saturated carbocycles. The highest BCUT2D eigenvalue weighted by Crippen LogP contribution is 2.26. The topological polar surface area (TPSA) is 77.8 Å². The van der Waals surface area contributed by atoms with Gasteiger partial charge in [-0.2, -0.15) is 4.98 Å². The van der Waals surface area contributed by atoms with Crippen molar-refractivity contribution in [1.29, 1.82) is 0 Å². The fourth-order valence-electron chi connectivity index (χ4n) is 3.17. The van der Waals surface area contributed by atoms with Crippen LogP contribution < -0.4 is 14.8 Å². The van der Waals surface area contributed by atoms with Crippen molar-refractivity contribution >= 4 is 22.2 Å². The molecule has 31 heavy (non-hydrogen) atoms. The number of halogens is 1. The highest BCUT2D eigenvalue weighted by Gasteiger charge is 2.15. The zero-order valence-corrected chi connectivity index (χ0v) is 18.1. The number of rotatable bonds is 7. The quantitative estimate of drug-likeness (QED) is 0.472. The Balaban J connectivity index is 1.43. The van der Waals surface area contributed by atoms with Crippen molar-refractivity contribution in [3.05, 3.63) is 64.4 Å². The number of methoxy groups -OCH3 is 2. The third-order valence-electron chi connectivity index (χ3n) is 4.87. The monoisotopic (exact) mass is 440 g/mol. The zero-order chi connectivity index (χ0) is 22.0. The third kappa shape index (κ3) is 4.36. The first kappa shape index (κ1) is 20.8. The highest BCUT2D eigenvalue weighted by molar-refractivity contribution is 7.17. The molecule has 2 aromatic heterocycles. The summed E-state index contributed by atoms with van der Waals surface area (Å²) < 4.78 is 25.4. The molecule has 0 aliphatic rings. The predicted octanol–water partition coefficient (Wildman–Crippen LogP) is 3.90. The SMILES string of the molecule is COc1cc(OC)cc(C(=O)NCCc2sc3nc(-c4ccc(F)cc4)nn3c2C)c1. The van der Waals surface area contributed by atoms with E-state index in [0.29, 0.717) is 35.9 Å². The molecular formula is C22H21FN4O3S. The summed E-state index contributed by atoms with van der Waals surface area (Å²) in [4.78, 5) is 18.9. The van der Waals surface area contributed by atoms with Crippen LogP contribution in [-0.4, -0.2) is 41.3 Å². The number of benzene rings is 2. The number of hydrogen-bond acceptors (Lipinski definition) is 6. The Hall–Kier alpha value is -3.46. The number of nitrogens with one attached hydrogen (secondary N) is 1. The molecular weight excluding hydrogens is 419 g/mol. The molecule has 0 atom stereocenters. The lowest BCUT2D eigenvalue weighted by molar-refractivity contribution is 0.0953. The van der Waals surface area contributed by atoms with Crippen LogP contribution in [0, 0.1) is 12.7 Å². The summed E-state index contributed by atoms with van der Waals surface area (Å²) >= 11 is 1.53. The van der Waals surface area contributed by atoms with Crippen molar-refractivity contribution in [2.75, 3.05) is 20.8 Å². The van der Waals surface area contributed by atoms with E-state index in [-0.39, 0.29) is 11.7 Å². The van der Waals surface area contributed by atoms with E-state index in [9.17, 15) is 9.18 Å². The number of ether oxygens (including phenoxy) is 2. The molecule has 0 spiro atoms. The Morgan fingerprint density at radius 1 is 1.13 bits per heavy atom. The molecule has 1 N–H and O–H groups in total. The Kier molecular flexibility index (Phi) is 5.85. The van der Waals surface area contributed by atoms with Gasteiger partial charge in [-0.15, -0.1) is 5.10 Å². The lowest BCUT2D eigenvalue weighted by atomic mass is 10.2. The molecule has 0 bridgehead atoms. The molecule has 0 aliphatic carbocycles. The molecule has 0 fully saturated rings. The summed E-state index contributed by atoms with van der Waals surface area (Å²) in [6.07, 6.45) is 0.653. The number of carbonyl (C=O) groups is 1. The first-order valence-corrected chi connectivity index (χ1v) is 10.4. The third-order valence-corrected chi connectivity index (χ3v) is 6.06. The second-order valence-corrected chi connectivity index (χ2v) is 7.92. The number of nitrogens with zero attached hydrogens (tertiary/aromatic N) is 3. The van der Waals surface area contributed by atoms with Crippen LogP contribution in [0.4, 0.5) is 4.39 Å². The molecule has 0 unspecified atom stereocenters. The van der Waals surface area contributed by atoms with E-state index < -0.39 is 0 Å². The smallest absolute Gasteiger partial charge is 0.251 e. The van der Waals surface area contributed by atoms with Crippen LogP contribution in [0.1, 0.15) is 20.9 Å². The van der Waals surface area contributed by atoms with Gasteiger partial charge in [0.05, 0.1) is 19.9 Å². The second-order valence-electron chi connectivity index (χ2n) is 6.85.